The third kappa shape index (κ3) is 5.38. The van der Waals surface area contributed by atoms with Crippen molar-refractivity contribution in [1.82, 2.24) is 4.98 Å². The van der Waals surface area contributed by atoms with Gasteiger partial charge in [0.15, 0.2) is 0 Å². The molecule has 0 amide bonds. The number of nitrogens with zero attached hydrogens (tertiary/aromatic N) is 2. The molecule has 0 bridgehead atoms. The fraction of sp³-hybridized carbons (Fsp3) is 0.500. The molecule has 0 aliphatic carbocycles. The molecule has 0 unspecified atom stereocenters. The summed E-state index contributed by atoms with van der Waals surface area (Å²) in [6, 6.07) is 5.70. The van der Waals surface area contributed by atoms with E-state index in [4.69, 9.17) is 5.26 Å². The molecule has 0 radical (unpaired) electrons. The number of hydrogen-bond acceptors (Lipinski definition) is 5. The van der Waals surface area contributed by atoms with E-state index in [0.717, 1.165) is 31.5 Å². The number of methoxy groups -OCH3 is 1. The predicted molar refractivity (Wildman–Crippen MR) is 72.7 cm³/mol. The van der Waals surface area contributed by atoms with Crippen LogP contribution in [-0.4, -0.2) is 24.6 Å². The quantitative estimate of drug-likeness (QED) is 0.602. The Kier molecular flexibility index (Phi) is 6.37. The van der Waals surface area contributed by atoms with Crippen LogP contribution < -0.4 is 5.32 Å². The standard InChI is InChI=1S/C14H19N3O2/c1-11-7-8-12(10-15)14(17-11)16-9-5-3-4-6-13(18)19-2/h7-8H,3-6,9H2,1-2H3,(H,16,17). The Hall–Kier alpha value is -2.09. The third-order valence-corrected chi connectivity index (χ3v) is 2.73. The van der Waals surface area contributed by atoms with Gasteiger partial charge >= 0.3 is 5.97 Å². The SMILES string of the molecule is COC(=O)CCCCCNc1nc(C)ccc1C#N. The number of nitriles is 1. The lowest BCUT2D eigenvalue weighted by Crippen LogP contribution is -2.06. The van der Waals surface area contributed by atoms with Crippen LogP contribution in [0.1, 0.15) is 36.9 Å². The second-order valence-corrected chi connectivity index (χ2v) is 4.27. The van der Waals surface area contributed by atoms with Gasteiger partial charge in [-0.15, -0.1) is 0 Å². The maximum absolute atomic E-state index is 10.9. The van der Waals surface area contributed by atoms with Gasteiger partial charge in [0.2, 0.25) is 0 Å². The molecule has 1 N–H and O–H groups in total. The molecule has 1 aromatic heterocycles. The monoisotopic (exact) mass is 261 g/mol. The molecule has 1 aromatic rings. The second kappa shape index (κ2) is 8.09. The third-order valence-electron chi connectivity index (χ3n) is 2.73. The largest absolute Gasteiger partial charge is 0.469 e. The topological polar surface area (TPSA) is 75.0 Å². The van der Waals surface area contributed by atoms with Gasteiger partial charge in [0.25, 0.3) is 0 Å². The molecule has 0 saturated carbocycles. The van der Waals surface area contributed by atoms with Crippen LogP contribution >= 0.6 is 0 Å². The van der Waals surface area contributed by atoms with E-state index in [-0.39, 0.29) is 5.97 Å². The lowest BCUT2D eigenvalue weighted by molar-refractivity contribution is -0.140. The number of carbonyl (C=O) groups excluding carboxylic acids is 1. The van der Waals surface area contributed by atoms with E-state index in [1.54, 1.807) is 6.07 Å². The molecule has 102 valence electrons. The molecule has 19 heavy (non-hydrogen) atoms. The Labute approximate surface area is 113 Å². The number of rotatable bonds is 7. The Bertz CT molecular complexity index is 466. The van der Waals surface area contributed by atoms with Gasteiger partial charge in [-0.2, -0.15) is 5.26 Å². The molecule has 0 aromatic carbocycles. The number of aryl methyl sites for hydroxylation is 1. The highest BCUT2D eigenvalue weighted by Crippen LogP contribution is 2.12. The van der Waals surface area contributed by atoms with E-state index in [9.17, 15) is 4.79 Å². The number of nitrogens with one attached hydrogen (secondary N) is 1. The Morgan fingerprint density at radius 1 is 1.42 bits per heavy atom. The summed E-state index contributed by atoms with van der Waals surface area (Å²) in [5, 5.41) is 12.1. The molecule has 0 fully saturated rings. The summed E-state index contributed by atoms with van der Waals surface area (Å²) in [6.45, 7) is 2.63. The number of unbranched alkanes of at least 4 members (excludes halogenated alkanes) is 2. The van der Waals surface area contributed by atoms with Gasteiger partial charge in [-0.25, -0.2) is 4.98 Å². The van der Waals surface area contributed by atoms with Crippen molar-refractivity contribution in [2.45, 2.75) is 32.6 Å². The van der Waals surface area contributed by atoms with E-state index in [1.165, 1.54) is 7.11 Å². The van der Waals surface area contributed by atoms with Crippen LogP contribution in [0.2, 0.25) is 0 Å². The van der Waals surface area contributed by atoms with Gasteiger partial charge in [0, 0.05) is 18.7 Å². The van der Waals surface area contributed by atoms with E-state index >= 15 is 0 Å². The molecule has 1 rings (SSSR count). The summed E-state index contributed by atoms with van der Waals surface area (Å²) in [5.41, 5.74) is 1.44. The summed E-state index contributed by atoms with van der Waals surface area (Å²) in [6.07, 6.45) is 3.15. The Balaban J connectivity index is 2.28. The predicted octanol–water partition coefficient (Wildman–Crippen LogP) is 2.41. The average molecular weight is 261 g/mol. The highest BCUT2D eigenvalue weighted by atomic mass is 16.5. The zero-order valence-electron chi connectivity index (χ0n) is 11.4. The van der Waals surface area contributed by atoms with Gasteiger partial charge in [0.1, 0.15) is 11.9 Å². The minimum Gasteiger partial charge on any atom is -0.469 e. The van der Waals surface area contributed by atoms with Crippen molar-refractivity contribution in [2.75, 3.05) is 19.0 Å². The molecular weight excluding hydrogens is 242 g/mol. The molecule has 0 atom stereocenters. The smallest absolute Gasteiger partial charge is 0.305 e. The summed E-state index contributed by atoms with van der Waals surface area (Å²) in [4.78, 5) is 15.2. The first-order chi connectivity index (χ1) is 9.17. The van der Waals surface area contributed by atoms with Crippen molar-refractivity contribution in [3.63, 3.8) is 0 Å². The van der Waals surface area contributed by atoms with Crippen LogP contribution in [0.4, 0.5) is 5.82 Å². The van der Waals surface area contributed by atoms with E-state index in [2.05, 4.69) is 21.1 Å². The number of anilines is 1. The first kappa shape index (κ1) is 15.0. The summed E-state index contributed by atoms with van der Waals surface area (Å²) in [7, 11) is 1.40. The van der Waals surface area contributed by atoms with Crippen LogP contribution in [0.3, 0.4) is 0 Å². The van der Waals surface area contributed by atoms with Gasteiger partial charge in [-0.05, 0) is 31.9 Å². The number of aromatic nitrogens is 1. The zero-order valence-corrected chi connectivity index (χ0v) is 11.4. The normalized spacial score (nSPS) is 9.74. The molecule has 0 saturated heterocycles. The van der Waals surface area contributed by atoms with Gasteiger partial charge in [-0.3, -0.25) is 4.79 Å². The fourth-order valence-corrected chi connectivity index (χ4v) is 1.66. The van der Waals surface area contributed by atoms with E-state index < -0.39 is 0 Å². The number of esters is 1. The first-order valence-electron chi connectivity index (χ1n) is 6.36. The average Bonchev–Trinajstić information content (AvgIpc) is 2.42. The van der Waals surface area contributed by atoms with Crippen LogP contribution in [0.5, 0.6) is 0 Å². The fourth-order valence-electron chi connectivity index (χ4n) is 1.66. The maximum atomic E-state index is 10.9. The van der Waals surface area contributed by atoms with Crippen molar-refractivity contribution in [3.8, 4) is 6.07 Å². The minimum atomic E-state index is -0.167. The molecule has 1 heterocycles. The second-order valence-electron chi connectivity index (χ2n) is 4.27. The van der Waals surface area contributed by atoms with Crippen molar-refractivity contribution in [1.29, 1.82) is 5.26 Å². The molecule has 5 heteroatoms. The molecule has 0 spiro atoms. The van der Waals surface area contributed by atoms with Gasteiger partial charge < -0.3 is 10.1 Å². The maximum Gasteiger partial charge on any atom is 0.305 e. The molecule has 0 aliphatic rings. The van der Waals surface area contributed by atoms with Gasteiger partial charge in [0.05, 0.1) is 12.7 Å². The number of carbonyl (C=O) groups is 1. The zero-order chi connectivity index (χ0) is 14.1. The highest BCUT2D eigenvalue weighted by Gasteiger charge is 2.03. The Morgan fingerprint density at radius 2 is 2.21 bits per heavy atom. The van der Waals surface area contributed by atoms with E-state index in [0.29, 0.717) is 17.8 Å². The van der Waals surface area contributed by atoms with Crippen molar-refractivity contribution < 1.29 is 9.53 Å². The first-order valence-corrected chi connectivity index (χ1v) is 6.36. The lowest BCUT2D eigenvalue weighted by atomic mass is 10.2. The minimum absolute atomic E-state index is 0.167. The molecular formula is C14H19N3O2. The van der Waals surface area contributed by atoms with Crippen molar-refractivity contribution in [3.05, 3.63) is 23.4 Å². The lowest BCUT2D eigenvalue weighted by Gasteiger charge is -2.07. The van der Waals surface area contributed by atoms with Crippen LogP contribution in [0, 0.1) is 18.3 Å². The summed E-state index contributed by atoms with van der Waals surface area (Å²) in [5.74, 6) is 0.468. The number of hydrogen-bond donors (Lipinski definition) is 1. The number of ether oxygens (including phenoxy) is 1. The summed E-state index contributed by atoms with van der Waals surface area (Å²) >= 11 is 0. The van der Waals surface area contributed by atoms with Crippen LogP contribution in [0.15, 0.2) is 12.1 Å². The number of pyridine rings is 1. The highest BCUT2D eigenvalue weighted by molar-refractivity contribution is 5.68. The molecule has 0 aliphatic heterocycles. The van der Waals surface area contributed by atoms with Crippen LogP contribution in [0.25, 0.3) is 0 Å². The van der Waals surface area contributed by atoms with E-state index in [1.807, 2.05) is 13.0 Å². The van der Waals surface area contributed by atoms with Crippen LogP contribution in [-0.2, 0) is 9.53 Å². The van der Waals surface area contributed by atoms with Gasteiger partial charge in [-0.1, -0.05) is 6.42 Å². The molecule has 5 nitrogen and oxygen atoms in total. The van der Waals surface area contributed by atoms with Crippen molar-refractivity contribution >= 4 is 11.8 Å². The Morgan fingerprint density at radius 3 is 2.89 bits per heavy atom. The summed E-state index contributed by atoms with van der Waals surface area (Å²) < 4.78 is 4.57. The van der Waals surface area contributed by atoms with Crippen molar-refractivity contribution in [2.24, 2.45) is 0 Å².